The normalized spacial score (nSPS) is 15.2. The van der Waals surface area contributed by atoms with Crippen molar-refractivity contribution in [2.24, 2.45) is 10.1 Å². The van der Waals surface area contributed by atoms with Crippen LogP contribution in [-0.4, -0.2) is 16.9 Å². The van der Waals surface area contributed by atoms with Gasteiger partial charge in [0.25, 0.3) is 0 Å². The third-order valence-electron chi connectivity index (χ3n) is 3.67. The molecule has 1 aliphatic carbocycles. The zero-order valence-electron chi connectivity index (χ0n) is 12.6. The maximum atomic E-state index is 6.37. The maximum Gasteiger partial charge on any atom is 0.206 e. The lowest BCUT2D eigenvalue weighted by Crippen LogP contribution is -2.14. The standard InChI is InChI=1S/C17H17Cl2N3S/c1-2-9-20-17-22(21-13-5-3-4-6-13)16(11-23-17)14-10-12(18)7-8-15(14)19/h2,7-8,10-11H,1,3-6,9H2. The minimum absolute atomic E-state index is 0.564. The summed E-state index contributed by atoms with van der Waals surface area (Å²) in [4.78, 5) is 5.39. The van der Waals surface area contributed by atoms with Crippen molar-refractivity contribution in [3.05, 3.63) is 51.1 Å². The molecule has 0 atom stereocenters. The van der Waals surface area contributed by atoms with Crippen molar-refractivity contribution < 1.29 is 0 Å². The van der Waals surface area contributed by atoms with Crippen molar-refractivity contribution in [1.29, 1.82) is 0 Å². The molecule has 1 aromatic carbocycles. The van der Waals surface area contributed by atoms with Crippen molar-refractivity contribution in [3.63, 3.8) is 0 Å². The average molecular weight is 366 g/mol. The first kappa shape index (κ1) is 16.5. The minimum atomic E-state index is 0.564. The Kier molecular flexibility index (Phi) is 5.36. The predicted molar refractivity (Wildman–Crippen MR) is 99.7 cm³/mol. The highest BCUT2D eigenvalue weighted by Crippen LogP contribution is 2.31. The van der Waals surface area contributed by atoms with Crippen LogP contribution in [-0.2, 0) is 0 Å². The van der Waals surface area contributed by atoms with E-state index in [1.807, 2.05) is 22.2 Å². The summed E-state index contributed by atoms with van der Waals surface area (Å²) in [5.74, 6) is 0. The number of benzene rings is 1. The largest absolute Gasteiger partial charge is 0.253 e. The van der Waals surface area contributed by atoms with E-state index in [0.717, 1.165) is 28.9 Å². The number of nitrogens with zero attached hydrogens (tertiary/aromatic N) is 3. The van der Waals surface area contributed by atoms with Gasteiger partial charge >= 0.3 is 0 Å². The number of aromatic nitrogens is 1. The summed E-state index contributed by atoms with van der Waals surface area (Å²) >= 11 is 14.1. The third-order valence-corrected chi connectivity index (χ3v) is 5.09. The van der Waals surface area contributed by atoms with Gasteiger partial charge in [0, 0.05) is 21.7 Å². The van der Waals surface area contributed by atoms with Crippen LogP contribution in [0, 0.1) is 0 Å². The van der Waals surface area contributed by atoms with Crippen molar-refractivity contribution in [1.82, 2.24) is 4.68 Å². The Morgan fingerprint density at radius 2 is 2.04 bits per heavy atom. The topological polar surface area (TPSA) is 29.6 Å². The van der Waals surface area contributed by atoms with Crippen LogP contribution in [0.15, 0.2) is 46.3 Å². The van der Waals surface area contributed by atoms with Gasteiger partial charge in [0.05, 0.1) is 17.3 Å². The molecule has 1 heterocycles. The molecule has 0 N–H and O–H groups in total. The highest BCUT2D eigenvalue weighted by molar-refractivity contribution is 7.07. The van der Waals surface area contributed by atoms with E-state index in [1.54, 1.807) is 23.5 Å². The Bertz CT molecular complexity index is 809. The molecule has 0 radical (unpaired) electrons. The average Bonchev–Trinajstić information content (AvgIpc) is 3.18. The van der Waals surface area contributed by atoms with Gasteiger partial charge in [-0.15, -0.1) is 17.9 Å². The molecule has 3 nitrogen and oxygen atoms in total. The Morgan fingerprint density at radius 3 is 2.78 bits per heavy atom. The Morgan fingerprint density at radius 1 is 1.26 bits per heavy atom. The molecule has 1 aromatic heterocycles. The minimum Gasteiger partial charge on any atom is -0.253 e. The van der Waals surface area contributed by atoms with E-state index in [-0.39, 0.29) is 0 Å². The molecule has 3 rings (SSSR count). The van der Waals surface area contributed by atoms with Crippen molar-refractivity contribution in [2.75, 3.05) is 6.54 Å². The van der Waals surface area contributed by atoms with Gasteiger partial charge in [-0.1, -0.05) is 29.3 Å². The predicted octanol–water partition coefficient (Wildman–Crippen LogP) is 5.39. The molecule has 0 amide bonds. The summed E-state index contributed by atoms with van der Waals surface area (Å²) in [7, 11) is 0. The fourth-order valence-corrected chi connectivity index (χ4v) is 3.77. The number of rotatable bonds is 4. The van der Waals surface area contributed by atoms with Crippen molar-refractivity contribution in [2.45, 2.75) is 25.7 Å². The van der Waals surface area contributed by atoms with E-state index in [0.29, 0.717) is 16.6 Å². The Balaban J connectivity index is 2.16. The lowest BCUT2D eigenvalue weighted by molar-refractivity contribution is 0.828. The first-order chi connectivity index (χ1) is 11.2. The molecule has 0 unspecified atom stereocenters. The molecule has 0 spiro atoms. The lowest BCUT2D eigenvalue weighted by atomic mass is 10.2. The molecular weight excluding hydrogens is 349 g/mol. The van der Waals surface area contributed by atoms with Crippen LogP contribution in [0.3, 0.4) is 0 Å². The monoisotopic (exact) mass is 365 g/mol. The maximum absolute atomic E-state index is 6.37. The molecule has 0 saturated heterocycles. The Labute approximate surface area is 149 Å². The number of halogens is 2. The van der Waals surface area contributed by atoms with E-state index in [2.05, 4.69) is 11.6 Å². The molecule has 120 valence electrons. The van der Waals surface area contributed by atoms with Crippen LogP contribution in [0.25, 0.3) is 11.3 Å². The molecule has 23 heavy (non-hydrogen) atoms. The SMILES string of the molecule is C=CCN=c1scc(-c2cc(Cl)ccc2Cl)n1N=C1CCCC1. The quantitative estimate of drug-likeness (QED) is 0.650. The first-order valence-electron chi connectivity index (χ1n) is 7.53. The lowest BCUT2D eigenvalue weighted by Gasteiger charge is -2.07. The van der Waals surface area contributed by atoms with Crippen LogP contribution in [0.5, 0.6) is 0 Å². The molecule has 1 aliphatic rings. The summed E-state index contributed by atoms with van der Waals surface area (Å²) in [6, 6.07) is 5.47. The second-order valence-electron chi connectivity index (χ2n) is 5.34. The van der Waals surface area contributed by atoms with Crippen molar-refractivity contribution in [3.8, 4) is 11.3 Å². The smallest absolute Gasteiger partial charge is 0.206 e. The van der Waals surface area contributed by atoms with E-state index in [4.69, 9.17) is 28.3 Å². The van der Waals surface area contributed by atoms with Gasteiger partial charge in [0.15, 0.2) is 0 Å². The van der Waals surface area contributed by atoms with Gasteiger partial charge in [-0.2, -0.15) is 5.10 Å². The zero-order chi connectivity index (χ0) is 16.2. The van der Waals surface area contributed by atoms with Crippen LogP contribution >= 0.6 is 34.5 Å². The molecule has 0 aliphatic heterocycles. The van der Waals surface area contributed by atoms with Crippen molar-refractivity contribution >= 4 is 40.3 Å². The van der Waals surface area contributed by atoms with Gasteiger partial charge in [-0.05, 0) is 43.9 Å². The van der Waals surface area contributed by atoms with E-state index < -0.39 is 0 Å². The molecule has 6 heteroatoms. The van der Waals surface area contributed by atoms with Gasteiger partial charge in [0.1, 0.15) is 0 Å². The molecule has 1 saturated carbocycles. The summed E-state index contributed by atoms with van der Waals surface area (Å²) in [6.07, 6.45) is 6.28. The van der Waals surface area contributed by atoms with Crippen LogP contribution in [0.4, 0.5) is 0 Å². The fourth-order valence-electron chi connectivity index (χ4n) is 2.55. The second kappa shape index (κ2) is 7.47. The zero-order valence-corrected chi connectivity index (χ0v) is 15.0. The molecule has 2 aromatic rings. The van der Waals surface area contributed by atoms with E-state index in [9.17, 15) is 0 Å². The van der Waals surface area contributed by atoms with Gasteiger partial charge in [-0.3, -0.25) is 4.99 Å². The Hall–Kier alpha value is -1.36. The fraction of sp³-hybridized carbons (Fsp3) is 0.294. The summed E-state index contributed by atoms with van der Waals surface area (Å²) in [5.41, 5.74) is 3.00. The molecule has 0 bridgehead atoms. The van der Waals surface area contributed by atoms with Gasteiger partial charge in [-0.25, -0.2) is 4.68 Å². The van der Waals surface area contributed by atoms with E-state index >= 15 is 0 Å². The number of thiazole rings is 1. The second-order valence-corrected chi connectivity index (χ2v) is 7.02. The van der Waals surface area contributed by atoms with Gasteiger partial charge in [0.2, 0.25) is 4.80 Å². The molecular formula is C17H17Cl2N3S. The number of hydrogen-bond acceptors (Lipinski definition) is 3. The highest BCUT2D eigenvalue weighted by atomic mass is 35.5. The first-order valence-corrected chi connectivity index (χ1v) is 9.16. The summed E-state index contributed by atoms with van der Waals surface area (Å²) < 4.78 is 1.90. The van der Waals surface area contributed by atoms with Crippen LogP contribution < -0.4 is 4.80 Å². The van der Waals surface area contributed by atoms with Crippen LogP contribution in [0.1, 0.15) is 25.7 Å². The highest BCUT2D eigenvalue weighted by Gasteiger charge is 2.14. The van der Waals surface area contributed by atoms with Crippen LogP contribution in [0.2, 0.25) is 10.0 Å². The summed E-state index contributed by atoms with van der Waals surface area (Å²) in [5, 5.41) is 8.17. The van der Waals surface area contributed by atoms with Gasteiger partial charge < -0.3 is 0 Å². The molecule has 1 fully saturated rings. The summed E-state index contributed by atoms with van der Waals surface area (Å²) in [6.45, 7) is 4.29. The van der Waals surface area contributed by atoms with E-state index in [1.165, 1.54) is 18.6 Å². The number of hydrogen-bond donors (Lipinski definition) is 0. The third kappa shape index (κ3) is 3.77.